The molecule has 0 aliphatic carbocycles. The smallest absolute Gasteiger partial charge is 0.314 e. The van der Waals surface area contributed by atoms with Crippen LogP contribution in [0.25, 0.3) is 11.0 Å². The van der Waals surface area contributed by atoms with Crippen LogP contribution < -0.4 is 16.4 Å². The molecule has 1 aromatic heterocycles. The lowest BCUT2D eigenvalue weighted by atomic mass is 10.00. The van der Waals surface area contributed by atoms with Crippen molar-refractivity contribution in [1.29, 1.82) is 0 Å². The molecule has 0 saturated heterocycles. The molecule has 1 atom stereocenters. The van der Waals surface area contributed by atoms with E-state index in [0.717, 1.165) is 12.0 Å². The molecule has 0 bridgehead atoms. The Bertz CT molecular complexity index is 687. The van der Waals surface area contributed by atoms with Gasteiger partial charge in [-0.05, 0) is 31.2 Å². The Labute approximate surface area is 117 Å². The number of aromatic nitrogens is 2. The lowest BCUT2D eigenvalue weighted by Gasteiger charge is -2.17. The van der Waals surface area contributed by atoms with Crippen LogP contribution in [0.3, 0.4) is 0 Å². The number of hydrogen-bond acceptors (Lipinski definition) is 3. The summed E-state index contributed by atoms with van der Waals surface area (Å²) in [6.45, 7) is 2.19. The van der Waals surface area contributed by atoms with E-state index in [1.807, 2.05) is 25.2 Å². The second-order valence-corrected chi connectivity index (χ2v) is 5.05. The van der Waals surface area contributed by atoms with Gasteiger partial charge in [0.15, 0.2) is 0 Å². The van der Waals surface area contributed by atoms with Crippen molar-refractivity contribution >= 4 is 11.0 Å². The first-order valence-electron chi connectivity index (χ1n) is 7.09. The molecule has 1 unspecified atom stereocenters. The highest BCUT2D eigenvalue weighted by molar-refractivity contribution is 5.74. The molecule has 1 heterocycles. The highest BCUT2D eigenvalue weighted by atomic mass is 16.2. The Balaban J connectivity index is 2.32. The maximum atomic E-state index is 11.4. The molecule has 20 heavy (non-hydrogen) atoms. The van der Waals surface area contributed by atoms with Crippen molar-refractivity contribution in [3.63, 3.8) is 0 Å². The number of nitrogens with one attached hydrogen (secondary N) is 3. The van der Waals surface area contributed by atoms with Crippen LogP contribution in [0.2, 0.25) is 0 Å². The lowest BCUT2D eigenvalue weighted by Crippen LogP contribution is -2.29. The van der Waals surface area contributed by atoms with Crippen molar-refractivity contribution in [3.8, 4) is 0 Å². The Morgan fingerprint density at radius 2 is 1.80 bits per heavy atom. The molecule has 3 N–H and O–H groups in total. The molecular weight excluding hydrogens is 254 g/mol. The Kier molecular flexibility index (Phi) is 4.74. The predicted octanol–water partition coefficient (Wildman–Crippen LogP) is 2.06. The molecule has 0 spiro atoms. The Hall–Kier alpha value is -1.88. The molecule has 5 heteroatoms. The Morgan fingerprint density at radius 1 is 1.10 bits per heavy atom. The normalized spacial score (nSPS) is 12.7. The molecule has 0 saturated carbocycles. The zero-order chi connectivity index (χ0) is 14.5. The minimum absolute atomic E-state index is 0.265. The first-order valence-corrected chi connectivity index (χ1v) is 7.09. The molecule has 2 rings (SSSR count). The van der Waals surface area contributed by atoms with E-state index in [-0.39, 0.29) is 6.04 Å². The maximum absolute atomic E-state index is 11.4. The first-order chi connectivity index (χ1) is 9.65. The highest BCUT2D eigenvalue weighted by Gasteiger charge is 2.10. The zero-order valence-corrected chi connectivity index (χ0v) is 12.0. The largest absolute Gasteiger partial charge is 0.316 e. The fourth-order valence-electron chi connectivity index (χ4n) is 2.43. The summed E-state index contributed by atoms with van der Waals surface area (Å²) in [7, 11) is 1.94. The molecule has 0 fully saturated rings. The van der Waals surface area contributed by atoms with Gasteiger partial charge in [0.1, 0.15) is 0 Å². The number of fused-ring (bicyclic) bond motifs is 1. The van der Waals surface area contributed by atoms with Crippen molar-refractivity contribution in [1.82, 2.24) is 15.3 Å². The van der Waals surface area contributed by atoms with E-state index in [4.69, 9.17) is 0 Å². The van der Waals surface area contributed by atoms with E-state index < -0.39 is 11.1 Å². The van der Waals surface area contributed by atoms with Crippen molar-refractivity contribution in [2.24, 2.45) is 0 Å². The molecule has 108 valence electrons. The number of H-pyrrole nitrogens is 2. The molecule has 5 nitrogen and oxygen atoms in total. The van der Waals surface area contributed by atoms with Crippen LogP contribution in [0.4, 0.5) is 0 Å². The summed E-state index contributed by atoms with van der Waals surface area (Å²) in [5.41, 5.74) is 1.23. The number of benzene rings is 1. The van der Waals surface area contributed by atoms with E-state index in [1.54, 1.807) is 0 Å². The lowest BCUT2D eigenvalue weighted by molar-refractivity contribution is 0.512. The van der Waals surface area contributed by atoms with E-state index in [9.17, 15) is 9.59 Å². The molecule has 0 aliphatic heterocycles. The van der Waals surface area contributed by atoms with Gasteiger partial charge in [0, 0.05) is 6.04 Å². The maximum Gasteiger partial charge on any atom is 0.314 e. The third-order valence-electron chi connectivity index (χ3n) is 3.59. The molecule has 0 aliphatic rings. The second-order valence-electron chi connectivity index (χ2n) is 5.05. The topological polar surface area (TPSA) is 77.8 Å². The number of rotatable bonds is 6. The van der Waals surface area contributed by atoms with Crippen molar-refractivity contribution < 1.29 is 0 Å². The predicted molar refractivity (Wildman–Crippen MR) is 81.1 cm³/mol. The van der Waals surface area contributed by atoms with E-state index >= 15 is 0 Å². The number of aromatic amines is 2. The van der Waals surface area contributed by atoms with E-state index in [1.165, 1.54) is 19.3 Å². The fourth-order valence-corrected chi connectivity index (χ4v) is 2.43. The molecule has 2 aromatic rings. The second kappa shape index (κ2) is 6.52. The summed E-state index contributed by atoms with van der Waals surface area (Å²) in [4.78, 5) is 27.8. The summed E-state index contributed by atoms with van der Waals surface area (Å²) >= 11 is 0. The average Bonchev–Trinajstić information content (AvgIpc) is 2.45. The van der Waals surface area contributed by atoms with Crippen LogP contribution in [0.15, 0.2) is 27.8 Å². The zero-order valence-electron chi connectivity index (χ0n) is 12.0. The van der Waals surface area contributed by atoms with Gasteiger partial charge in [-0.1, -0.05) is 32.3 Å². The average molecular weight is 275 g/mol. The fraction of sp³-hybridized carbons (Fsp3) is 0.467. The van der Waals surface area contributed by atoms with Crippen molar-refractivity contribution in [3.05, 3.63) is 44.5 Å². The van der Waals surface area contributed by atoms with Gasteiger partial charge in [0.05, 0.1) is 11.0 Å². The molecule has 1 aromatic carbocycles. The summed E-state index contributed by atoms with van der Waals surface area (Å²) in [6.07, 6.45) is 4.64. The van der Waals surface area contributed by atoms with Crippen molar-refractivity contribution in [2.45, 2.75) is 38.6 Å². The van der Waals surface area contributed by atoms with Gasteiger partial charge in [-0.15, -0.1) is 0 Å². The molecule has 0 radical (unpaired) electrons. The number of hydrogen-bond donors (Lipinski definition) is 3. The van der Waals surface area contributed by atoms with Crippen molar-refractivity contribution in [2.75, 3.05) is 7.05 Å². The minimum Gasteiger partial charge on any atom is -0.316 e. The van der Waals surface area contributed by atoms with Gasteiger partial charge in [-0.25, -0.2) is 0 Å². The van der Waals surface area contributed by atoms with Crippen LogP contribution in [-0.2, 0) is 0 Å². The summed E-state index contributed by atoms with van der Waals surface area (Å²) in [5, 5.41) is 3.30. The van der Waals surface area contributed by atoms with E-state index in [2.05, 4.69) is 22.2 Å². The van der Waals surface area contributed by atoms with Gasteiger partial charge in [-0.3, -0.25) is 9.59 Å². The standard InChI is InChI=1S/C15H21N3O2/c1-3-4-5-6-11(16-2)10-7-8-12-13(9-10)18-15(20)14(19)17-12/h7-9,11,16H,3-6H2,1-2H3,(H,17,19)(H,18,20). The Morgan fingerprint density at radius 3 is 2.45 bits per heavy atom. The third-order valence-corrected chi connectivity index (χ3v) is 3.59. The first kappa shape index (κ1) is 14.5. The van der Waals surface area contributed by atoms with Gasteiger partial charge in [0.25, 0.3) is 0 Å². The van der Waals surface area contributed by atoms with Crippen LogP contribution in [0, 0.1) is 0 Å². The monoisotopic (exact) mass is 275 g/mol. The SMILES string of the molecule is CCCCCC(NC)c1ccc2[nH]c(=O)c(=O)[nH]c2c1. The van der Waals surface area contributed by atoms with Crippen LogP contribution in [0.1, 0.15) is 44.2 Å². The van der Waals surface area contributed by atoms with Crippen LogP contribution in [-0.4, -0.2) is 17.0 Å². The quantitative estimate of drug-likeness (QED) is 0.558. The van der Waals surface area contributed by atoms with Gasteiger partial charge < -0.3 is 15.3 Å². The highest BCUT2D eigenvalue weighted by Crippen LogP contribution is 2.21. The number of unbranched alkanes of at least 4 members (excludes halogenated alkanes) is 2. The molecular formula is C15H21N3O2. The molecule has 0 amide bonds. The van der Waals surface area contributed by atoms with Gasteiger partial charge >= 0.3 is 11.1 Å². The van der Waals surface area contributed by atoms with Gasteiger partial charge in [-0.2, -0.15) is 0 Å². The summed E-state index contributed by atoms with van der Waals surface area (Å²) < 4.78 is 0. The van der Waals surface area contributed by atoms with Gasteiger partial charge in [0.2, 0.25) is 0 Å². The van der Waals surface area contributed by atoms with E-state index in [0.29, 0.717) is 11.0 Å². The van der Waals surface area contributed by atoms with Crippen LogP contribution >= 0.6 is 0 Å². The summed E-state index contributed by atoms with van der Waals surface area (Å²) in [6, 6.07) is 6.02. The summed E-state index contributed by atoms with van der Waals surface area (Å²) in [5.74, 6) is 0. The third kappa shape index (κ3) is 3.17. The minimum atomic E-state index is -0.613. The van der Waals surface area contributed by atoms with Crippen LogP contribution in [0.5, 0.6) is 0 Å².